The number of hydrogen-bond acceptors (Lipinski definition) is 1. The van der Waals surface area contributed by atoms with Crippen LogP contribution in [-0.4, -0.2) is 18.0 Å². The van der Waals surface area contributed by atoms with E-state index in [2.05, 4.69) is 46.1 Å². The SMILES string of the molecule is C=C(C)N(CCC(C)C)CCC(C)C. The second kappa shape index (κ2) is 6.92. The number of allylic oxidation sites excluding steroid dienone is 1. The molecule has 0 rings (SSSR count). The summed E-state index contributed by atoms with van der Waals surface area (Å²) in [5.41, 5.74) is 1.21. The normalized spacial score (nSPS) is 11.1. The molecule has 14 heavy (non-hydrogen) atoms. The van der Waals surface area contributed by atoms with Crippen LogP contribution in [0.25, 0.3) is 0 Å². The quantitative estimate of drug-likeness (QED) is 0.598. The zero-order valence-corrected chi connectivity index (χ0v) is 10.6. The van der Waals surface area contributed by atoms with Crippen LogP contribution in [0.3, 0.4) is 0 Å². The highest BCUT2D eigenvalue weighted by Crippen LogP contribution is 2.10. The van der Waals surface area contributed by atoms with Gasteiger partial charge in [0, 0.05) is 18.8 Å². The first-order valence-corrected chi connectivity index (χ1v) is 5.84. The van der Waals surface area contributed by atoms with Crippen molar-refractivity contribution in [1.29, 1.82) is 0 Å². The topological polar surface area (TPSA) is 3.24 Å². The van der Waals surface area contributed by atoms with Crippen LogP contribution in [0.15, 0.2) is 12.3 Å². The van der Waals surface area contributed by atoms with Gasteiger partial charge in [0.15, 0.2) is 0 Å². The largest absolute Gasteiger partial charge is 0.376 e. The highest BCUT2D eigenvalue weighted by molar-refractivity contribution is 4.88. The minimum Gasteiger partial charge on any atom is -0.376 e. The Morgan fingerprint density at radius 2 is 1.36 bits per heavy atom. The van der Waals surface area contributed by atoms with E-state index in [1.807, 2.05) is 0 Å². The van der Waals surface area contributed by atoms with Crippen LogP contribution in [0.5, 0.6) is 0 Å². The lowest BCUT2D eigenvalue weighted by molar-refractivity contribution is 0.301. The molecule has 0 unspecified atom stereocenters. The van der Waals surface area contributed by atoms with Gasteiger partial charge >= 0.3 is 0 Å². The van der Waals surface area contributed by atoms with Crippen LogP contribution in [0.2, 0.25) is 0 Å². The summed E-state index contributed by atoms with van der Waals surface area (Å²) in [4.78, 5) is 2.42. The third kappa shape index (κ3) is 6.99. The maximum Gasteiger partial charge on any atom is 0.0177 e. The van der Waals surface area contributed by atoms with Crippen molar-refractivity contribution in [2.75, 3.05) is 13.1 Å². The van der Waals surface area contributed by atoms with E-state index in [1.165, 1.54) is 31.6 Å². The maximum atomic E-state index is 4.04. The third-order valence-electron chi connectivity index (χ3n) is 2.49. The second-order valence-corrected chi connectivity index (χ2v) is 5.09. The molecule has 0 aliphatic rings. The van der Waals surface area contributed by atoms with Crippen molar-refractivity contribution in [3.05, 3.63) is 12.3 Å². The lowest BCUT2D eigenvalue weighted by Gasteiger charge is -2.26. The summed E-state index contributed by atoms with van der Waals surface area (Å²) in [6, 6.07) is 0. The molecule has 0 heterocycles. The van der Waals surface area contributed by atoms with Gasteiger partial charge in [-0.3, -0.25) is 0 Å². The molecule has 0 fully saturated rings. The summed E-state index contributed by atoms with van der Waals surface area (Å²) >= 11 is 0. The van der Waals surface area contributed by atoms with Crippen LogP contribution in [0.4, 0.5) is 0 Å². The van der Waals surface area contributed by atoms with Crippen molar-refractivity contribution >= 4 is 0 Å². The summed E-state index contributed by atoms with van der Waals surface area (Å²) in [6.45, 7) is 17.6. The van der Waals surface area contributed by atoms with Crippen molar-refractivity contribution in [3.63, 3.8) is 0 Å². The lowest BCUT2D eigenvalue weighted by atomic mass is 10.1. The average Bonchev–Trinajstić information content (AvgIpc) is 2.02. The molecule has 0 aromatic heterocycles. The van der Waals surface area contributed by atoms with E-state index >= 15 is 0 Å². The summed E-state index contributed by atoms with van der Waals surface area (Å²) in [7, 11) is 0. The Hall–Kier alpha value is -0.460. The summed E-state index contributed by atoms with van der Waals surface area (Å²) in [6.07, 6.45) is 2.54. The molecule has 0 radical (unpaired) electrons. The molecular weight excluding hydrogens is 170 g/mol. The van der Waals surface area contributed by atoms with Gasteiger partial charge in [-0.05, 0) is 31.6 Å². The molecule has 0 saturated heterocycles. The van der Waals surface area contributed by atoms with Gasteiger partial charge in [-0.25, -0.2) is 0 Å². The van der Waals surface area contributed by atoms with Crippen LogP contribution in [0, 0.1) is 11.8 Å². The number of nitrogens with zero attached hydrogens (tertiary/aromatic N) is 1. The maximum absolute atomic E-state index is 4.04. The second-order valence-electron chi connectivity index (χ2n) is 5.09. The predicted molar refractivity (Wildman–Crippen MR) is 65.3 cm³/mol. The molecule has 0 spiro atoms. The van der Waals surface area contributed by atoms with Crippen molar-refractivity contribution in [3.8, 4) is 0 Å². The molecule has 0 atom stereocenters. The summed E-state index contributed by atoms with van der Waals surface area (Å²) in [5.74, 6) is 1.58. The Morgan fingerprint density at radius 1 is 1.00 bits per heavy atom. The van der Waals surface area contributed by atoms with Crippen LogP contribution >= 0.6 is 0 Å². The molecule has 0 aromatic carbocycles. The van der Waals surface area contributed by atoms with Gasteiger partial charge in [0.25, 0.3) is 0 Å². The van der Waals surface area contributed by atoms with Gasteiger partial charge in [0.05, 0.1) is 0 Å². The Balaban J connectivity index is 3.84. The zero-order chi connectivity index (χ0) is 11.1. The number of hydrogen-bond donors (Lipinski definition) is 0. The van der Waals surface area contributed by atoms with E-state index in [0.29, 0.717) is 0 Å². The van der Waals surface area contributed by atoms with E-state index < -0.39 is 0 Å². The first kappa shape index (κ1) is 13.5. The van der Waals surface area contributed by atoms with Crippen molar-refractivity contribution in [2.24, 2.45) is 11.8 Å². The average molecular weight is 197 g/mol. The Labute approximate surface area is 90.2 Å². The fraction of sp³-hybridized carbons (Fsp3) is 0.846. The van der Waals surface area contributed by atoms with E-state index in [4.69, 9.17) is 0 Å². The van der Waals surface area contributed by atoms with E-state index in [-0.39, 0.29) is 0 Å². The molecule has 0 aliphatic heterocycles. The minimum atomic E-state index is 0.788. The van der Waals surface area contributed by atoms with Gasteiger partial charge in [0.2, 0.25) is 0 Å². The molecule has 1 nitrogen and oxygen atoms in total. The monoisotopic (exact) mass is 197 g/mol. The van der Waals surface area contributed by atoms with Crippen molar-refractivity contribution in [2.45, 2.75) is 47.5 Å². The van der Waals surface area contributed by atoms with Gasteiger partial charge in [-0.1, -0.05) is 34.3 Å². The molecule has 0 amide bonds. The standard InChI is InChI=1S/C13H27N/c1-11(2)7-9-14(13(5)6)10-8-12(3)4/h11-12H,5,7-10H2,1-4,6H3. The van der Waals surface area contributed by atoms with E-state index in [1.54, 1.807) is 0 Å². The molecule has 84 valence electrons. The summed E-state index contributed by atoms with van der Waals surface area (Å²) in [5, 5.41) is 0. The van der Waals surface area contributed by atoms with E-state index in [0.717, 1.165) is 11.8 Å². The Kier molecular flexibility index (Phi) is 6.69. The van der Waals surface area contributed by atoms with Crippen LogP contribution in [0.1, 0.15) is 47.5 Å². The highest BCUT2D eigenvalue weighted by Gasteiger charge is 2.06. The fourth-order valence-corrected chi connectivity index (χ4v) is 1.32. The lowest BCUT2D eigenvalue weighted by Crippen LogP contribution is -2.25. The molecule has 0 N–H and O–H groups in total. The highest BCUT2D eigenvalue weighted by atomic mass is 15.1. The third-order valence-corrected chi connectivity index (χ3v) is 2.49. The van der Waals surface area contributed by atoms with Gasteiger partial charge in [0.1, 0.15) is 0 Å². The molecule has 0 aromatic rings. The van der Waals surface area contributed by atoms with Crippen LogP contribution in [-0.2, 0) is 0 Å². The zero-order valence-electron chi connectivity index (χ0n) is 10.6. The van der Waals surface area contributed by atoms with Gasteiger partial charge in [-0.2, -0.15) is 0 Å². The van der Waals surface area contributed by atoms with E-state index in [9.17, 15) is 0 Å². The summed E-state index contributed by atoms with van der Waals surface area (Å²) < 4.78 is 0. The Bertz CT molecular complexity index is 147. The van der Waals surface area contributed by atoms with Crippen LogP contribution < -0.4 is 0 Å². The first-order valence-electron chi connectivity index (χ1n) is 5.84. The molecular formula is C13H27N. The van der Waals surface area contributed by atoms with Crippen molar-refractivity contribution in [1.82, 2.24) is 4.90 Å². The van der Waals surface area contributed by atoms with Gasteiger partial charge in [-0.15, -0.1) is 0 Å². The van der Waals surface area contributed by atoms with Crippen molar-refractivity contribution < 1.29 is 0 Å². The van der Waals surface area contributed by atoms with Gasteiger partial charge < -0.3 is 4.90 Å². The first-order chi connectivity index (χ1) is 6.43. The smallest absolute Gasteiger partial charge is 0.0177 e. The minimum absolute atomic E-state index is 0.788. The molecule has 0 aliphatic carbocycles. The Morgan fingerprint density at radius 3 is 1.57 bits per heavy atom. The molecule has 0 saturated carbocycles. The number of rotatable bonds is 7. The molecule has 0 bridgehead atoms. The fourth-order valence-electron chi connectivity index (χ4n) is 1.32. The molecule has 1 heteroatoms. The predicted octanol–water partition coefficient (Wildman–Crippen LogP) is 3.91.